The van der Waals surface area contributed by atoms with Crippen LogP contribution < -0.4 is 0 Å². The van der Waals surface area contributed by atoms with E-state index < -0.39 is 0 Å². The summed E-state index contributed by atoms with van der Waals surface area (Å²) in [5.74, 6) is 2.56. The monoisotopic (exact) mass is 395 g/mol. The first-order valence-electron chi connectivity index (χ1n) is 9.23. The molecule has 0 spiro atoms. The molecule has 138 valence electrons. The van der Waals surface area contributed by atoms with Crippen LogP contribution in [0.15, 0.2) is 41.1 Å². The van der Waals surface area contributed by atoms with Crippen molar-refractivity contribution < 1.29 is 0 Å². The van der Waals surface area contributed by atoms with Crippen LogP contribution in [0.1, 0.15) is 29.5 Å². The molecule has 1 aliphatic carbocycles. The normalized spacial score (nSPS) is 16.7. The molecule has 1 atom stereocenters. The molecule has 0 fully saturated rings. The van der Waals surface area contributed by atoms with Crippen LogP contribution in [-0.4, -0.2) is 24.1 Å². The topological polar surface area (TPSA) is 48.0 Å². The lowest BCUT2D eigenvalue weighted by Gasteiger charge is -2.18. The first-order chi connectivity index (χ1) is 13.2. The van der Waals surface area contributed by atoms with Gasteiger partial charge in [-0.2, -0.15) is 0 Å². The summed E-state index contributed by atoms with van der Waals surface area (Å²) in [4.78, 5) is 6.20. The van der Waals surface area contributed by atoms with Gasteiger partial charge in [-0.05, 0) is 42.9 Å². The van der Waals surface area contributed by atoms with E-state index in [0.717, 1.165) is 40.4 Å². The molecule has 4 aromatic rings. The van der Waals surface area contributed by atoms with Gasteiger partial charge in [-0.15, -0.1) is 21.5 Å². The summed E-state index contributed by atoms with van der Waals surface area (Å²) >= 11 is 3.57. The Bertz CT molecular complexity index is 1070. The fraction of sp³-hybridized carbons (Fsp3) is 0.350. The minimum atomic E-state index is 0.785. The molecule has 5 nitrogen and oxygen atoms in total. The Kier molecular flexibility index (Phi) is 4.28. The van der Waals surface area contributed by atoms with Crippen molar-refractivity contribution >= 4 is 28.7 Å². The zero-order valence-corrected chi connectivity index (χ0v) is 17.1. The van der Waals surface area contributed by atoms with Crippen molar-refractivity contribution in [1.29, 1.82) is 0 Å². The molecule has 1 aliphatic rings. The van der Waals surface area contributed by atoms with Gasteiger partial charge in [0, 0.05) is 41.0 Å². The quantitative estimate of drug-likeness (QED) is 0.474. The molecule has 4 aromatic heterocycles. The Morgan fingerprint density at radius 1 is 1.30 bits per heavy atom. The van der Waals surface area contributed by atoms with Crippen molar-refractivity contribution in [1.82, 2.24) is 24.1 Å². The third-order valence-electron chi connectivity index (χ3n) is 5.24. The summed E-state index contributed by atoms with van der Waals surface area (Å²) in [7, 11) is 2.07. The number of nitrogens with zero attached hydrogens (tertiary/aromatic N) is 5. The maximum absolute atomic E-state index is 4.67. The van der Waals surface area contributed by atoms with Crippen LogP contribution in [0.3, 0.4) is 0 Å². The number of pyridine rings is 1. The predicted octanol–water partition coefficient (Wildman–Crippen LogP) is 4.61. The summed E-state index contributed by atoms with van der Waals surface area (Å²) in [6.45, 7) is 2.35. The van der Waals surface area contributed by atoms with E-state index in [9.17, 15) is 0 Å². The highest BCUT2D eigenvalue weighted by Crippen LogP contribution is 2.38. The van der Waals surface area contributed by atoms with Crippen molar-refractivity contribution in [3.05, 3.63) is 52.1 Å². The number of rotatable bonds is 4. The van der Waals surface area contributed by atoms with Crippen LogP contribution in [-0.2, 0) is 25.6 Å². The van der Waals surface area contributed by atoms with Crippen molar-refractivity contribution in [2.75, 3.05) is 0 Å². The number of fused-ring (bicyclic) bond motifs is 2. The molecule has 0 saturated carbocycles. The molecule has 0 saturated heterocycles. The van der Waals surface area contributed by atoms with E-state index in [0.29, 0.717) is 0 Å². The molecule has 0 aromatic carbocycles. The van der Waals surface area contributed by atoms with Gasteiger partial charge in [-0.25, -0.2) is 4.98 Å². The van der Waals surface area contributed by atoms with Gasteiger partial charge in [-0.3, -0.25) is 0 Å². The largest absolute Gasteiger partial charge is 0.307 e. The Balaban J connectivity index is 1.38. The smallest absolute Gasteiger partial charge is 0.191 e. The molecule has 0 amide bonds. The van der Waals surface area contributed by atoms with Crippen LogP contribution in [0.25, 0.3) is 17.0 Å². The van der Waals surface area contributed by atoms with Crippen LogP contribution in [0.4, 0.5) is 0 Å². The van der Waals surface area contributed by atoms with Crippen LogP contribution >= 0.6 is 23.1 Å². The Morgan fingerprint density at radius 2 is 2.22 bits per heavy atom. The highest BCUT2D eigenvalue weighted by molar-refractivity contribution is 7.98. The summed E-state index contributed by atoms with van der Waals surface area (Å²) in [5, 5.41) is 12.2. The molecular formula is C20H21N5S2. The highest BCUT2D eigenvalue weighted by Gasteiger charge is 2.23. The molecule has 27 heavy (non-hydrogen) atoms. The average molecular weight is 396 g/mol. The second-order valence-corrected chi connectivity index (χ2v) is 9.16. The van der Waals surface area contributed by atoms with E-state index in [-0.39, 0.29) is 0 Å². The minimum absolute atomic E-state index is 0.785. The van der Waals surface area contributed by atoms with E-state index in [1.165, 1.54) is 28.8 Å². The van der Waals surface area contributed by atoms with E-state index >= 15 is 0 Å². The van der Waals surface area contributed by atoms with Crippen LogP contribution in [0, 0.1) is 5.92 Å². The number of thioether (sulfide) groups is 1. The number of hydrogen-bond donors (Lipinski definition) is 0. The van der Waals surface area contributed by atoms with Crippen molar-refractivity contribution in [3.63, 3.8) is 0 Å². The Labute approximate surface area is 166 Å². The summed E-state index contributed by atoms with van der Waals surface area (Å²) in [6.07, 6.45) is 7.73. The van der Waals surface area contributed by atoms with Gasteiger partial charge in [0.15, 0.2) is 11.0 Å². The van der Waals surface area contributed by atoms with Gasteiger partial charge in [0.05, 0.1) is 5.69 Å². The molecule has 5 rings (SSSR count). The van der Waals surface area contributed by atoms with Crippen molar-refractivity contribution in [2.45, 2.75) is 37.1 Å². The first-order valence-corrected chi connectivity index (χ1v) is 11.1. The highest BCUT2D eigenvalue weighted by atomic mass is 32.2. The number of hydrogen-bond acceptors (Lipinski definition) is 5. The van der Waals surface area contributed by atoms with E-state index in [2.05, 4.69) is 49.7 Å². The lowest BCUT2D eigenvalue weighted by molar-refractivity contribution is 0.508. The summed E-state index contributed by atoms with van der Waals surface area (Å²) < 4.78 is 4.18. The standard InChI is InChI=1S/C20H21N5S2/c1-13-6-7-15-16(12-26-17(15)9-13)19-22-23-20(24(19)2)27-11-14-10-25-8-4-3-5-18(25)21-14/h3-5,8,10,12-13H,6-7,9,11H2,1-2H3. The molecular weight excluding hydrogens is 374 g/mol. The van der Waals surface area contributed by atoms with Crippen molar-refractivity contribution in [3.8, 4) is 11.4 Å². The molecule has 4 heterocycles. The number of aromatic nitrogens is 5. The maximum atomic E-state index is 4.67. The lowest BCUT2D eigenvalue weighted by atomic mass is 9.88. The van der Waals surface area contributed by atoms with Crippen LogP contribution in [0.5, 0.6) is 0 Å². The van der Waals surface area contributed by atoms with Gasteiger partial charge in [0.1, 0.15) is 5.65 Å². The van der Waals surface area contributed by atoms with Crippen LogP contribution in [0.2, 0.25) is 0 Å². The van der Waals surface area contributed by atoms with Crippen molar-refractivity contribution in [2.24, 2.45) is 13.0 Å². The predicted molar refractivity (Wildman–Crippen MR) is 110 cm³/mol. The molecule has 0 bridgehead atoms. The zero-order valence-electron chi connectivity index (χ0n) is 15.4. The van der Waals surface area contributed by atoms with E-state index in [1.807, 2.05) is 35.7 Å². The third-order valence-corrected chi connectivity index (χ3v) is 7.35. The van der Waals surface area contributed by atoms with Gasteiger partial charge in [0.25, 0.3) is 0 Å². The molecule has 0 N–H and O–H groups in total. The first kappa shape index (κ1) is 17.0. The van der Waals surface area contributed by atoms with E-state index in [4.69, 9.17) is 0 Å². The molecule has 7 heteroatoms. The van der Waals surface area contributed by atoms with Gasteiger partial charge in [-0.1, -0.05) is 24.8 Å². The Hall–Kier alpha value is -2.12. The van der Waals surface area contributed by atoms with E-state index in [1.54, 1.807) is 11.8 Å². The minimum Gasteiger partial charge on any atom is -0.307 e. The fourth-order valence-corrected chi connectivity index (χ4v) is 5.77. The fourth-order valence-electron chi connectivity index (χ4n) is 3.74. The Morgan fingerprint density at radius 3 is 3.11 bits per heavy atom. The maximum Gasteiger partial charge on any atom is 0.191 e. The molecule has 0 aliphatic heterocycles. The molecule has 0 radical (unpaired) electrons. The summed E-state index contributed by atoms with van der Waals surface area (Å²) in [5.41, 5.74) is 4.80. The molecule has 1 unspecified atom stereocenters. The summed E-state index contributed by atoms with van der Waals surface area (Å²) in [6, 6.07) is 6.05. The lowest BCUT2D eigenvalue weighted by Crippen LogP contribution is -2.09. The zero-order chi connectivity index (χ0) is 18.4. The second-order valence-electron chi connectivity index (χ2n) is 7.25. The van der Waals surface area contributed by atoms with Gasteiger partial charge in [0.2, 0.25) is 0 Å². The van der Waals surface area contributed by atoms with Gasteiger partial charge >= 0.3 is 0 Å². The second kappa shape index (κ2) is 6.80. The number of thiophene rings is 1. The SMILES string of the molecule is CC1CCc2c(-c3nnc(SCc4cn5ccccc5n4)n3C)csc2C1. The van der Waals surface area contributed by atoms with Gasteiger partial charge < -0.3 is 8.97 Å². The average Bonchev–Trinajstić information content (AvgIpc) is 3.36. The third kappa shape index (κ3) is 3.08. The number of imidazole rings is 1.